The van der Waals surface area contributed by atoms with Crippen molar-refractivity contribution in [3.63, 3.8) is 0 Å². The maximum absolute atomic E-state index is 12.8. The average Bonchev–Trinajstić information content (AvgIpc) is 2.81. The van der Waals surface area contributed by atoms with E-state index in [-0.39, 0.29) is 10.7 Å². The Morgan fingerprint density at radius 3 is 2.32 bits per heavy atom. The first-order chi connectivity index (χ1) is 11.9. The van der Waals surface area contributed by atoms with E-state index in [4.69, 9.17) is 16.3 Å². The number of nitrogens with zero attached hydrogens (tertiary/aromatic N) is 1. The summed E-state index contributed by atoms with van der Waals surface area (Å²) < 4.78 is 5.10. The van der Waals surface area contributed by atoms with E-state index in [1.165, 1.54) is 0 Å². The summed E-state index contributed by atoms with van der Waals surface area (Å²) in [5, 5.41) is 2.81. The van der Waals surface area contributed by atoms with Crippen molar-refractivity contribution in [2.75, 3.05) is 17.3 Å². The Hall–Kier alpha value is -2.79. The Morgan fingerprint density at radius 2 is 1.68 bits per heavy atom. The SMILES string of the molecule is COc1ccc(NC2=C(Cl)C(=O)N(c3cc(C)ccc3C)C2=O)cc1. The van der Waals surface area contributed by atoms with Crippen molar-refractivity contribution in [2.45, 2.75) is 13.8 Å². The Labute approximate surface area is 150 Å². The van der Waals surface area contributed by atoms with Crippen LogP contribution in [0.15, 0.2) is 53.2 Å². The molecule has 1 N–H and O–H groups in total. The second-order valence-corrected chi connectivity index (χ2v) is 6.16. The average molecular weight is 357 g/mol. The monoisotopic (exact) mass is 356 g/mol. The fourth-order valence-corrected chi connectivity index (χ4v) is 2.82. The number of nitrogens with one attached hydrogen (secondary N) is 1. The number of halogens is 1. The number of anilines is 2. The normalized spacial score (nSPS) is 14.3. The molecule has 2 aromatic carbocycles. The van der Waals surface area contributed by atoms with Gasteiger partial charge in [0.2, 0.25) is 0 Å². The van der Waals surface area contributed by atoms with Gasteiger partial charge in [-0.05, 0) is 55.3 Å². The van der Waals surface area contributed by atoms with E-state index in [9.17, 15) is 9.59 Å². The Morgan fingerprint density at radius 1 is 1.00 bits per heavy atom. The smallest absolute Gasteiger partial charge is 0.283 e. The summed E-state index contributed by atoms with van der Waals surface area (Å²) >= 11 is 6.15. The summed E-state index contributed by atoms with van der Waals surface area (Å²) in [5.74, 6) is -0.313. The molecule has 1 aliphatic rings. The van der Waals surface area contributed by atoms with Crippen LogP contribution in [0.2, 0.25) is 0 Å². The summed E-state index contributed by atoms with van der Waals surface area (Å²) in [7, 11) is 1.57. The van der Waals surface area contributed by atoms with E-state index in [0.717, 1.165) is 16.0 Å². The summed E-state index contributed by atoms with van der Waals surface area (Å²) in [5.41, 5.74) is 3.02. The molecular weight excluding hydrogens is 340 g/mol. The highest BCUT2D eigenvalue weighted by atomic mass is 35.5. The van der Waals surface area contributed by atoms with Gasteiger partial charge >= 0.3 is 0 Å². The number of carbonyl (C=O) groups is 2. The van der Waals surface area contributed by atoms with Gasteiger partial charge in [0.05, 0.1) is 12.8 Å². The van der Waals surface area contributed by atoms with Gasteiger partial charge in [-0.3, -0.25) is 9.59 Å². The van der Waals surface area contributed by atoms with Gasteiger partial charge in [-0.15, -0.1) is 0 Å². The maximum atomic E-state index is 12.8. The molecule has 5 nitrogen and oxygen atoms in total. The molecule has 6 heteroatoms. The highest BCUT2D eigenvalue weighted by Gasteiger charge is 2.39. The lowest BCUT2D eigenvalue weighted by molar-refractivity contribution is -0.120. The summed E-state index contributed by atoms with van der Waals surface area (Å²) in [6.07, 6.45) is 0. The molecule has 25 heavy (non-hydrogen) atoms. The maximum Gasteiger partial charge on any atom is 0.283 e. The van der Waals surface area contributed by atoms with Gasteiger partial charge in [0.1, 0.15) is 16.5 Å². The van der Waals surface area contributed by atoms with Crippen LogP contribution in [-0.2, 0) is 9.59 Å². The van der Waals surface area contributed by atoms with Gasteiger partial charge in [0.25, 0.3) is 11.8 Å². The third kappa shape index (κ3) is 3.10. The summed E-state index contributed by atoms with van der Waals surface area (Å²) in [6.45, 7) is 3.75. The second kappa shape index (κ2) is 6.61. The van der Waals surface area contributed by atoms with Crippen LogP contribution in [0.25, 0.3) is 0 Å². The molecule has 0 aliphatic carbocycles. The molecule has 2 aromatic rings. The third-order valence-corrected chi connectivity index (χ3v) is 4.34. The van der Waals surface area contributed by atoms with Gasteiger partial charge in [0, 0.05) is 5.69 Å². The number of ether oxygens (including phenoxy) is 1. The zero-order chi connectivity index (χ0) is 18.1. The molecule has 0 unspecified atom stereocenters. The van der Waals surface area contributed by atoms with Crippen LogP contribution >= 0.6 is 11.6 Å². The lowest BCUT2D eigenvalue weighted by atomic mass is 10.1. The van der Waals surface area contributed by atoms with Crippen LogP contribution in [0.3, 0.4) is 0 Å². The minimum Gasteiger partial charge on any atom is -0.497 e. The summed E-state index contributed by atoms with van der Waals surface area (Å²) in [6, 6.07) is 12.6. The van der Waals surface area contributed by atoms with Crippen LogP contribution in [-0.4, -0.2) is 18.9 Å². The van der Waals surface area contributed by atoms with E-state index >= 15 is 0 Å². The number of amides is 2. The Kier molecular flexibility index (Phi) is 4.51. The molecule has 1 heterocycles. The van der Waals surface area contributed by atoms with Crippen LogP contribution in [0, 0.1) is 13.8 Å². The molecule has 128 valence electrons. The van der Waals surface area contributed by atoms with Gasteiger partial charge in [-0.2, -0.15) is 0 Å². The van der Waals surface area contributed by atoms with Crippen molar-refractivity contribution in [1.29, 1.82) is 0 Å². The molecule has 0 atom stereocenters. The zero-order valence-corrected chi connectivity index (χ0v) is 14.8. The van der Waals surface area contributed by atoms with Gasteiger partial charge in [0.15, 0.2) is 0 Å². The summed E-state index contributed by atoms with van der Waals surface area (Å²) in [4.78, 5) is 26.4. The predicted molar refractivity (Wildman–Crippen MR) is 97.9 cm³/mol. The van der Waals surface area contributed by atoms with Crippen molar-refractivity contribution in [1.82, 2.24) is 0 Å². The fourth-order valence-electron chi connectivity index (χ4n) is 2.61. The molecule has 0 aromatic heterocycles. The number of aryl methyl sites for hydroxylation is 2. The first kappa shape index (κ1) is 17.0. The number of hydrogen-bond donors (Lipinski definition) is 1. The molecule has 0 bridgehead atoms. The molecule has 2 amide bonds. The van der Waals surface area contributed by atoms with E-state index in [2.05, 4.69) is 5.32 Å². The van der Waals surface area contributed by atoms with E-state index < -0.39 is 11.8 Å². The predicted octanol–water partition coefficient (Wildman–Crippen LogP) is 3.75. The van der Waals surface area contributed by atoms with E-state index in [0.29, 0.717) is 17.1 Å². The van der Waals surface area contributed by atoms with Crippen LogP contribution in [0.5, 0.6) is 5.75 Å². The topological polar surface area (TPSA) is 58.6 Å². The number of hydrogen-bond acceptors (Lipinski definition) is 4. The number of imide groups is 1. The van der Waals surface area contributed by atoms with Gasteiger partial charge < -0.3 is 10.1 Å². The largest absolute Gasteiger partial charge is 0.497 e. The molecular formula is C19H17ClN2O3. The van der Waals surface area contributed by atoms with Crippen molar-refractivity contribution in [3.05, 3.63) is 64.3 Å². The second-order valence-electron chi connectivity index (χ2n) is 5.78. The number of benzene rings is 2. The highest BCUT2D eigenvalue weighted by Crippen LogP contribution is 2.32. The van der Waals surface area contributed by atoms with E-state index in [1.807, 2.05) is 26.0 Å². The third-order valence-electron chi connectivity index (χ3n) is 3.99. The number of carbonyl (C=O) groups excluding carboxylic acids is 2. The van der Waals surface area contributed by atoms with Crippen molar-refractivity contribution in [2.24, 2.45) is 0 Å². The molecule has 0 fully saturated rings. The number of rotatable bonds is 4. The highest BCUT2D eigenvalue weighted by molar-refractivity contribution is 6.53. The molecule has 1 aliphatic heterocycles. The van der Waals surface area contributed by atoms with Gasteiger partial charge in [-0.1, -0.05) is 23.7 Å². The van der Waals surface area contributed by atoms with Crippen molar-refractivity contribution < 1.29 is 14.3 Å². The lowest BCUT2D eigenvalue weighted by Crippen LogP contribution is -2.32. The zero-order valence-electron chi connectivity index (χ0n) is 14.1. The molecule has 3 rings (SSSR count). The van der Waals surface area contributed by atoms with Crippen molar-refractivity contribution in [3.8, 4) is 5.75 Å². The standard InChI is InChI=1S/C19H17ClN2O3/c1-11-4-5-12(2)15(10-11)22-18(23)16(20)17(19(22)24)21-13-6-8-14(25-3)9-7-13/h4-10,21H,1-3H3. The first-order valence-corrected chi connectivity index (χ1v) is 8.07. The quantitative estimate of drug-likeness (QED) is 0.848. The molecule has 0 spiro atoms. The Bertz CT molecular complexity index is 888. The van der Waals surface area contributed by atoms with Crippen molar-refractivity contribution >= 4 is 34.8 Å². The molecule has 0 saturated carbocycles. The van der Waals surface area contributed by atoms with E-state index in [1.54, 1.807) is 37.4 Å². The molecule has 0 radical (unpaired) electrons. The number of methoxy groups -OCH3 is 1. The van der Waals surface area contributed by atoms with Crippen LogP contribution < -0.4 is 15.0 Å². The molecule has 0 saturated heterocycles. The lowest BCUT2D eigenvalue weighted by Gasteiger charge is -2.18. The first-order valence-electron chi connectivity index (χ1n) is 7.69. The minimum absolute atomic E-state index is 0.0674. The minimum atomic E-state index is -0.531. The Balaban J connectivity index is 1.92. The van der Waals surface area contributed by atoms with Gasteiger partial charge in [-0.25, -0.2) is 4.90 Å². The van der Waals surface area contributed by atoms with Crippen LogP contribution in [0.1, 0.15) is 11.1 Å². The fraction of sp³-hybridized carbons (Fsp3) is 0.158. The van der Waals surface area contributed by atoms with Crippen LogP contribution in [0.4, 0.5) is 11.4 Å².